The maximum absolute atomic E-state index is 12.1. The van der Waals surface area contributed by atoms with Crippen molar-refractivity contribution in [2.45, 2.75) is 71.3 Å². The lowest BCUT2D eigenvalue weighted by Crippen LogP contribution is -2.38. The third-order valence-electron chi connectivity index (χ3n) is 7.40. The maximum Gasteiger partial charge on any atom is 0.308 e. The molecule has 3 aliphatic carbocycles. The number of aliphatic hydroxyl groups excluding tert-OH is 1. The predicted octanol–water partition coefficient (Wildman–Crippen LogP) is 4.97. The number of ether oxygens (including phenoxy) is 1. The maximum atomic E-state index is 12.1. The molecule has 0 aromatic carbocycles. The van der Waals surface area contributed by atoms with Crippen molar-refractivity contribution in [1.29, 1.82) is 0 Å². The Morgan fingerprint density at radius 2 is 2.08 bits per heavy atom. The lowest BCUT2D eigenvalue weighted by Gasteiger charge is -2.43. The number of esters is 1. The summed E-state index contributed by atoms with van der Waals surface area (Å²) >= 11 is 0. The Balaban J connectivity index is 1.81. The number of aliphatic hydroxyl groups is 1. The first kappa shape index (κ1) is 19.4. The average Bonchev–Trinajstić information content (AvgIpc) is 2.98. The van der Waals surface area contributed by atoms with Crippen molar-refractivity contribution >= 4 is 5.97 Å². The highest BCUT2D eigenvalue weighted by atomic mass is 16.5. The molecule has 3 fully saturated rings. The molecule has 3 rings (SSSR count). The number of methoxy groups -OCH3 is 1. The van der Waals surface area contributed by atoms with Gasteiger partial charge in [0.25, 0.3) is 0 Å². The largest absolute Gasteiger partial charge is 0.469 e. The van der Waals surface area contributed by atoms with Crippen LogP contribution in [0.5, 0.6) is 0 Å². The molecule has 0 radical (unpaired) electrons. The fraction of sp³-hybridized carbons (Fsp3) is 0.696. The van der Waals surface area contributed by atoms with Gasteiger partial charge in [-0.15, -0.1) is 0 Å². The van der Waals surface area contributed by atoms with E-state index in [9.17, 15) is 9.90 Å². The van der Waals surface area contributed by atoms with Gasteiger partial charge in [-0.3, -0.25) is 4.79 Å². The van der Waals surface area contributed by atoms with E-state index in [-0.39, 0.29) is 23.4 Å². The van der Waals surface area contributed by atoms with Gasteiger partial charge in [0.2, 0.25) is 0 Å². The molecule has 0 aliphatic heterocycles. The number of hydrogen-bond acceptors (Lipinski definition) is 3. The molecule has 0 heterocycles. The second-order valence-corrected chi connectivity index (χ2v) is 8.84. The Hall–Kier alpha value is -1.35. The molecule has 3 heteroatoms. The molecule has 144 valence electrons. The first-order chi connectivity index (χ1) is 12.4. The van der Waals surface area contributed by atoms with Gasteiger partial charge in [-0.1, -0.05) is 43.7 Å². The molecule has 3 saturated carbocycles. The molecular formula is C23H34O3. The minimum atomic E-state index is -0.224. The Labute approximate surface area is 158 Å². The van der Waals surface area contributed by atoms with Crippen LogP contribution < -0.4 is 0 Å². The van der Waals surface area contributed by atoms with Crippen molar-refractivity contribution in [2.75, 3.05) is 7.11 Å². The van der Waals surface area contributed by atoms with Gasteiger partial charge < -0.3 is 9.84 Å². The third kappa shape index (κ3) is 3.55. The van der Waals surface area contributed by atoms with Crippen LogP contribution in [-0.2, 0) is 9.53 Å². The SMILES string of the molecule is C=C1CC[C@H](O)C/C1=C/C=C1\CCC[C@]2(C)[C@@H]([C@H](C)C(=O)OC)CC[C@@H]12. The fourth-order valence-corrected chi connectivity index (χ4v) is 5.85. The number of carbonyl (C=O) groups excluding carboxylic acids is 1. The second kappa shape index (κ2) is 7.72. The highest BCUT2D eigenvalue weighted by Crippen LogP contribution is 2.59. The molecule has 3 nitrogen and oxygen atoms in total. The molecule has 0 bridgehead atoms. The average molecular weight is 359 g/mol. The normalized spacial score (nSPS) is 39.1. The molecule has 5 atom stereocenters. The summed E-state index contributed by atoms with van der Waals surface area (Å²) in [6.07, 6.45) is 12.6. The molecule has 0 spiro atoms. The molecular weight excluding hydrogens is 324 g/mol. The van der Waals surface area contributed by atoms with Crippen LogP contribution in [0.15, 0.2) is 35.5 Å². The van der Waals surface area contributed by atoms with Gasteiger partial charge in [0.1, 0.15) is 0 Å². The number of rotatable bonds is 3. The van der Waals surface area contributed by atoms with Crippen molar-refractivity contribution in [1.82, 2.24) is 0 Å². The molecule has 1 N–H and O–H groups in total. The van der Waals surface area contributed by atoms with Crippen LogP contribution in [0.25, 0.3) is 0 Å². The van der Waals surface area contributed by atoms with E-state index < -0.39 is 0 Å². The summed E-state index contributed by atoms with van der Waals surface area (Å²) in [5, 5.41) is 9.95. The minimum Gasteiger partial charge on any atom is -0.469 e. The van der Waals surface area contributed by atoms with Gasteiger partial charge in [-0.05, 0) is 74.2 Å². The number of carbonyl (C=O) groups is 1. The molecule has 0 aromatic rings. The monoisotopic (exact) mass is 358 g/mol. The van der Waals surface area contributed by atoms with Crippen LogP contribution >= 0.6 is 0 Å². The zero-order valence-electron chi connectivity index (χ0n) is 16.6. The smallest absolute Gasteiger partial charge is 0.308 e. The summed E-state index contributed by atoms with van der Waals surface area (Å²) in [4.78, 5) is 12.1. The van der Waals surface area contributed by atoms with Crippen molar-refractivity contribution in [3.63, 3.8) is 0 Å². The summed E-state index contributed by atoms with van der Waals surface area (Å²) < 4.78 is 5.03. The highest BCUT2D eigenvalue weighted by Gasteiger charge is 2.52. The van der Waals surface area contributed by atoms with E-state index in [1.807, 2.05) is 6.92 Å². The summed E-state index contributed by atoms with van der Waals surface area (Å²) in [5.41, 5.74) is 4.10. The minimum absolute atomic E-state index is 0.0269. The van der Waals surface area contributed by atoms with Crippen molar-refractivity contribution in [3.05, 3.63) is 35.5 Å². The third-order valence-corrected chi connectivity index (χ3v) is 7.40. The lowest BCUT2D eigenvalue weighted by molar-refractivity contribution is -0.148. The topological polar surface area (TPSA) is 46.5 Å². The summed E-state index contributed by atoms with van der Waals surface area (Å²) in [6.45, 7) is 8.60. The molecule has 0 aromatic heterocycles. The fourth-order valence-electron chi connectivity index (χ4n) is 5.85. The molecule has 0 unspecified atom stereocenters. The van der Waals surface area contributed by atoms with E-state index in [1.165, 1.54) is 43.1 Å². The van der Waals surface area contributed by atoms with E-state index in [2.05, 4.69) is 25.7 Å². The van der Waals surface area contributed by atoms with Crippen molar-refractivity contribution in [3.8, 4) is 0 Å². The Morgan fingerprint density at radius 3 is 2.81 bits per heavy atom. The van der Waals surface area contributed by atoms with Crippen LogP contribution in [0.1, 0.15) is 65.2 Å². The zero-order chi connectivity index (χ0) is 18.9. The first-order valence-corrected chi connectivity index (χ1v) is 10.2. The molecule has 0 amide bonds. The van der Waals surface area contributed by atoms with Crippen LogP contribution in [0.2, 0.25) is 0 Å². The molecule has 26 heavy (non-hydrogen) atoms. The van der Waals surface area contributed by atoms with Crippen molar-refractivity contribution < 1.29 is 14.6 Å². The van der Waals surface area contributed by atoms with E-state index in [1.54, 1.807) is 0 Å². The highest BCUT2D eigenvalue weighted by molar-refractivity contribution is 5.72. The van der Waals surface area contributed by atoms with E-state index >= 15 is 0 Å². The summed E-state index contributed by atoms with van der Waals surface area (Å²) in [7, 11) is 1.50. The summed E-state index contributed by atoms with van der Waals surface area (Å²) in [5.74, 6) is 0.873. The van der Waals surface area contributed by atoms with E-state index in [0.717, 1.165) is 32.1 Å². The number of hydrogen-bond donors (Lipinski definition) is 1. The van der Waals surface area contributed by atoms with Crippen LogP contribution in [0.3, 0.4) is 0 Å². The molecule has 3 aliphatic rings. The Kier molecular flexibility index (Phi) is 5.76. The first-order valence-electron chi connectivity index (χ1n) is 10.2. The van der Waals surface area contributed by atoms with Gasteiger partial charge >= 0.3 is 5.97 Å². The van der Waals surface area contributed by atoms with Gasteiger partial charge in [-0.2, -0.15) is 0 Å². The van der Waals surface area contributed by atoms with E-state index in [0.29, 0.717) is 11.8 Å². The van der Waals surface area contributed by atoms with Crippen LogP contribution in [0.4, 0.5) is 0 Å². The molecule has 0 saturated heterocycles. The van der Waals surface area contributed by atoms with E-state index in [4.69, 9.17) is 4.74 Å². The number of fused-ring (bicyclic) bond motifs is 1. The van der Waals surface area contributed by atoms with Gasteiger partial charge in [0, 0.05) is 0 Å². The van der Waals surface area contributed by atoms with Crippen molar-refractivity contribution in [2.24, 2.45) is 23.2 Å². The van der Waals surface area contributed by atoms with Gasteiger partial charge in [-0.25, -0.2) is 0 Å². The standard InChI is InChI=1S/C23H34O3/c1-15-7-10-19(24)14-18(15)9-8-17-6-5-13-23(3)20(11-12-21(17)23)16(2)22(25)26-4/h8-9,16,19-21,24H,1,5-7,10-14H2,2-4H3/b17-8+,18-9-/t16-,19-,20+,21-,23+/m0/s1. The van der Waals surface area contributed by atoms with Crippen LogP contribution in [0, 0.1) is 23.2 Å². The second-order valence-electron chi connectivity index (χ2n) is 8.84. The van der Waals surface area contributed by atoms with Gasteiger partial charge in [0.15, 0.2) is 0 Å². The Bertz CT molecular complexity index is 629. The quantitative estimate of drug-likeness (QED) is 0.725. The Morgan fingerprint density at radius 1 is 1.31 bits per heavy atom. The van der Waals surface area contributed by atoms with Gasteiger partial charge in [0.05, 0.1) is 19.1 Å². The predicted molar refractivity (Wildman–Crippen MR) is 105 cm³/mol. The summed E-state index contributed by atoms with van der Waals surface area (Å²) in [6, 6.07) is 0. The van der Waals surface area contributed by atoms with Crippen LogP contribution in [-0.4, -0.2) is 24.3 Å². The zero-order valence-corrected chi connectivity index (χ0v) is 16.6. The lowest BCUT2D eigenvalue weighted by atomic mass is 9.61. The number of allylic oxidation sites excluding steroid dienone is 4.